The molecule has 0 bridgehead atoms. The number of rotatable bonds is 3. The van der Waals surface area contributed by atoms with E-state index < -0.39 is 11.9 Å². The second-order valence-electron chi connectivity index (χ2n) is 4.48. The van der Waals surface area contributed by atoms with Crippen LogP contribution in [0.15, 0.2) is 27.8 Å². The first-order chi connectivity index (χ1) is 9.90. The number of ether oxygens (including phenoxy) is 2. The normalized spacial score (nSPS) is 14.2. The second kappa shape index (κ2) is 6.17. The summed E-state index contributed by atoms with van der Waals surface area (Å²) in [4.78, 5) is 22.9. The highest BCUT2D eigenvalue weighted by Gasteiger charge is 2.18. The smallest absolute Gasteiger partial charge is 0.331 e. The van der Waals surface area contributed by atoms with Crippen LogP contribution < -0.4 is 14.8 Å². The number of halogens is 1. The van der Waals surface area contributed by atoms with Crippen LogP contribution >= 0.6 is 15.9 Å². The molecular formula is C14H14BrNO5. The van der Waals surface area contributed by atoms with Crippen LogP contribution in [0.3, 0.4) is 0 Å². The second-order valence-corrected chi connectivity index (χ2v) is 5.34. The van der Waals surface area contributed by atoms with Gasteiger partial charge in [0.25, 0.3) is 5.91 Å². The predicted molar refractivity (Wildman–Crippen MR) is 79.8 cm³/mol. The van der Waals surface area contributed by atoms with E-state index >= 15 is 0 Å². The quantitative estimate of drug-likeness (QED) is 0.814. The van der Waals surface area contributed by atoms with E-state index in [1.54, 1.807) is 12.1 Å². The third-order valence-corrected chi connectivity index (χ3v) is 3.76. The first-order valence-electron chi connectivity index (χ1n) is 6.21. The number of benzene rings is 1. The van der Waals surface area contributed by atoms with Gasteiger partial charge < -0.3 is 19.9 Å². The van der Waals surface area contributed by atoms with E-state index in [0.29, 0.717) is 34.9 Å². The largest absolute Gasteiger partial charge is 0.486 e. The summed E-state index contributed by atoms with van der Waals surface area (Å²) in [5.74, 6) is -0.465. The Morgan fingerprint density at radius 2 is 1.71 bits per heavy atom. The molecule has 0 unspecified atom stereocenters. The summed E-state index contributed by atoms with van der Waals surface area (Å²) in [6.07, 6.45) is 0. The van der Waals surface area contributed by atoms with Crippen molar-refractivity contribution in [3.05, 3.63) is 27.8 Å². The molecule has 1 heterocycles. The molecule has 2 rings (SSSR count). The van der Waals surface area contributed by atoms with Gasteiger partial charge in [-0.3, -0.25) is 4.79 Å². The highest BCUT2D eigenvalue weighted by molar-refractivity contribution is 9.10. The van der Waals surface area contributed by atoms with Gasteiger partial charge in [0.05, 0.1) is 5.69 Å². The monoisotopic (exact) mass is 355 g/mol. The van der Waals surface area contributed by atoms with Gasteiger partial charge in [-0.15, -0.1) is 0 Å². The molecule has 2 N–H and O–H groups in total. The Morgan fingerprint density at radius 1 is 1.14 bits per heavy atom. The third kappa shape index (κ3) is 3.36. The summed E-state index contributed by atoms with van der Waals surface area (Å²) in [5, 5.41) is 11.5. The van der Waals surface area contributed by atoms with Crippen LogP contribution in [0.2, 0.25) is 0 Å². The number of aliphatic carboxylic acids is 1. The Morgan fingerprint density at radius 3 is 2.29 bits per heavy atom. The van der Waals surface area contributed by atoms with E-state index in [1.165, 1.54) is 13.8 Å². The minimum atomic E-state index is -1.12. The minimum absolute atomic E-state index is 0.00108. The lowest BCUT2D eigenvalue weighted by Gasteiger charge is -2.20. The zero-order valence-corrected chi connectivity index (χ0v) is 13.1. The zero-order chi connectivity index (χ0) is 15.6. The number of hydrogen-bond acceptors (Lipinski definition) is 4. The van der Waals surface area contributed by atoms with E-state index in [4.69, 9.17) is 14.6 Å². The summed E-state index contributed by atoms with van der Waals surface area (Å²) in [5.41, 5.74) is 0.632. The maximum absolute atomic E-state index is 12.1. The van der Waals surface area contributed by atoms with Gasteiger partial charge in [0.15, 0.2) is 11.5 Å². The number of nitrogens with one attached hydrogen (secondary N) is 1. The van der Waals surface area contributed by atoms with E-state index in [-0.39, 0.29) is 11.1 Å². The fourth-order valence-corrected chi connectivity index (χ4v) is 2.13. The van der Waals surface area contributed by atoms with Crippen LogP contribution in [-0.2, 0) is 9.59 Å². The fraction of sp³-hybridized carbons (Fsp3) is 0.286. The summed E-state index contributed by atoms with van der Waals surface area (Å²) < 4.78 is 11.5. The lowest BCUT2D eigenvalue weighted by Crippen LogP contribution is -2.18. The van der Waals surface area contributed by atoms with Crippen molar-refractivity contribution < 1.29 is 24.2 Å². The average molecular weight is 356 g/mol. The van der Waals surface area contributed by atoms with Gasteiger partial charge >= 0.3 is 5.97 Å². The molecule has 1 amide bonds. The van der Waals surface area contributed by atoms with Crippen LogP contribution in [0, 0.1) is 0 Å². The number of carboxylic acid groups (broad SMARTS) is 1. The molecular weight excluding hydrogens is 342 g/mol. The Kier molecular flexibility index (Phi) is 4.52. The topological polar surface area (TPSA) is 84.9 Å². The number of carbonyl (C=O) groups excluding carboxylic acids is 1. The van der Waals surface area contributed by atoms with Gasteiger partial charge in [0, 0.05) is 27.8 Å². The van der Waals surface area contributed by atoms with Crippen molar-refractivity contribution in [1.29, 1.82) is 0 Å². The van der Waals surface area contributed by atoms with Crippen molar-refractivity contribution in [3.8, 4) is 11.5 Å². The van der Waals surface area contributed by atoms with Gasteiger partial charge in [0.1, 0.15) is 13.2 Å². The summed E-state index contributed by atoms with van der Waals surface area (Å²) in [7, 11) is 0. The van der Waals surface area contributed by atoms with E-state index in [0.717, 1.165) is 0 Å². The molecule has 1 aliphatic rings. The van der Waals surface area contributed by atoms with E-state index in [2.05, 4.69) is 21.2 Å². The number of anilines is 1. The van der Waals surface area contributed by atoms with E-state index in [9.17, 15) is 9.59 Å². The van der Waals surface area contributed by atoms with Gasteiger partial charge in [0.2, 0.25) is 0 Å². The molecule has 0 radical (unpaired) electrons. The Balaban J connectivity index is 2.26. The van der Waals surface area contributed by atoms with Crippen molar-refractivity contribution in [2.45, 2.75) is 13.8 Å². The maximum atomic E-state index is 12.1. The Hall–Kier alpha value is -2.02. The van der Waals surface area contributed by atoms with Crippen LogP contribution in [0.25, 0.3) is 0 Å². The minimum Gasteiger partial charge on any atom is -0.486 e. The van der Waals surface area contributed by atoms with Crippen LogP contribution in [0.1, 0.15) is 13.8 Å². The molecule has 0 saturated heterocycles. The van der Waals surface area contributed by atoms with Crippen molar-refractivity contribution in [2.24, 2.45) is 0 Å². The molecule has 7 heteroatoms. The first-order valence-corrected chi connectivity index (χ1v) is 7.00. The van der Waals surface area contributed by atoms with E-state index in [1.807, 2.05) is 0 Å². The standard InChI is InChI=1S/C14H14BrNO5/c1-7(8(2)14(18)19)13(17)16-10-6-12-11(5-9(10)15)20-3-4-21-12/h5-6H,3-4H2,1-2H3,(H,16,17)(H,18,19). The number of amides is 1. The van der Waals surface area contributed by atoms with Crippen molar-refractivity contribution >= 4 is 33.5 Å². The summed E-state index contributed by atoms with van der Waals surface area (Å²) in [6.45, 7) is 3.77. The molecule has 112 valence electrons. The summed E-state index contributed by atoms with van der Waals surface area (Å²) in [6, 6.07) is 3.34. The Labute approximate surface area is 129 Å². The molecule has 6 nitrogen and oxygen atoms in total. The average Bonchev–Trinajstić information content (AvgIpc) is 2.46. The highest BCUT2D eigenvalue weighted by atomic mass is 79.9. The maximum Gasteiger partial charge on any atom is 0.331 e. The number of hydrogen-bond donors (Lipinski definition) is 2. The molecule has 0 spiro atoms. The van der Waals surface area contributed by atoms with Crippen molar-refractivity contribution in [3.63, 3.8) is 0 Å². The number of fused-ring (bicyclic) bond motifs is 1. The molecule has 0 fully saturated rings. The predicted octanol–water partition coefficient (Wildman–Crippen LogP) is 2.58. The van der Waals surface area contributed by atoms with Gasteiger partial charge in [-0.25, -0.2) is 4.79 Å². The van der Waals surface area contributed by atoms with Crippen LogP contribution in [-0.4, -0.2) is 30.2 Å². The molecule has 1 aromatic rings. The van der Waals surface area contributed by atoms with Gasteiger partial charge in [-0.2, -0.15) is 0 Å². The van der Waals surface area contributed by atoms with Crippen molar-refractivity contribution in [2.75, 3.05) is 18.5 Å². The molecule has 1 aliphatic heterocycles. The molecule has 0 atom stereocenters. The van der Waals surface area contributed by atoms with Crippen molar-refractivity contribution in [1.82, 2.24) is 0 Å². The Bertz CT molecular complexity index is 638. The number of carbonyl (C=O) groups is 2. The van der Waals surface area contributed by atoms with Gasteiger partial charge in [-0.05, 0) is 29.8 Å². The lowest BCUT2D eigenvalue weighted by atomic mass is 10.1. The van der Waals surface area contributed by atoms with Crippen LogP contribution in [0.4, 0.5) is 5.69 Å². The molecule has 0 aromatic heterocycles. The first kappa shape index (κ1) is 15.4. The fourth-order valence-electron chi connectivity index (χ4n) is 1.71. The van der Waals surface area contributed by atoms with Gasteiger partial charge in [-0.1, -0.05) is 0 Å². The SMILES string of the molecule is CC(C(=O)O)=C(C)C(=O)Nc1cc2c(cc1Br)OCCO2. The molecule has 21 heavy (non-hydrogen) atoms. The lowest BCUT2D eigenvalue weighted by molar-refractivity contribution is -0.133. The third-order valence-electron chi connectivity index (χ3n) is 3.10. The zero-order valence-electron chi connectivity index (χ0n) is 11.5. The number of carboxylic acids is 1. The molecule has 0 saturated carbocycles. The molecule has 0 aliphatic carbocycles. The summed E-state index contributed by atoms with van der Waals surface area (Å²) >= 11 is 3.34. The molecule has 1 aromatic carbocycles. The van der Waals surface area contributed by atoms with Crippen LogP contribution in [0.5, 0.6) is 11.5 Å². The highest BCUT2D eigenvalue weighted by Crippen LogP contribution is 2.38.